The van der Waals surface area contributed by atoms with Crippen molar-refractivity contribution in [3.8, 4) is 0 Å². The molecule has 0 radical (unpaired) electrons. The number of benzene rings is 1. The van der Waals surface area contributed by atoms with Crippen LogP contribution in [0.25, 0.3) is 0 Å². The third-order valence-electron chi connectivity index (χ3n) is 5.14. The van der Waals surface area contributed by atoms with Gasteiger partial charge in [-0.2, -0.15) is 0 Å². The maximum absolute atomic E-state index is 11.1. The van der Waals surface area contributed by atoms with Gasteiger partial charge in [0.25, 0.3) is 0 Å². The van der Waals surface area contributed by atoms with E-state index >= 15 is 0 Å². The quantitative estimate of drug-likeness (QED) is 0.835. The van der Waals surface area contributed by atoms with E-state index in [1.165, 1.54) is 44.1 Å². The molecule has 1 N–H and O–H groups in total. The van der Waals surface area contributed by atoms with Crippen molar-refractivity contribution in [2.45, 2.75) is 57.0 Å². The predicted molar refractivity (Wildman–Crippen MR) is 74.4 cm³/mol. The van der Waals surface area contributed by atoms with Crippen LogP contribution < -0.4 is 0 Å². The van der Waals surface area contributed by atoms with Crippen molar-refractivity contribution in [3.05, 3.63) is 35.9 Å². The summed E-state index contributed by atoms with van der Waals surface area (Å²) in [5, 5.41) is 11.1. The van der Waals surface area contributed by atoms with Crippen LogP contribution in [0.2, 0.25) is 0 Å². The average Bonchev–Trinajstić information content (AvgIpc) is 2.40. The Bertz CT molecular complexity index is 384. The molecule has 2 aliphatic carbocycles. The van der Waals surface area contributed by atoms with E-state index in [1.54, 1.807) is 0 Å². The lowest BCUT2D eigenvalue weighted by Crippen LogP contribution is -2.48. The van der Waals surface area contributed by atoms with Gasteiger partial charge in [0, 0.05) is 6.42 Å². The molecule has 3 rings (SSSR count). The van der Waals surface area contributed by atoms with Crippen molar-refractivity contribution >= 4 is 0 Å². The molecule has 98 valence electrons. The van der Waals surface area contributed by atoms with Crippen LogP contribution in [0.15, 0.2) is 30.3 Å². The molecule has 1 heteroatoms. The first kappa shape index (κ1) is 12.2. The monoisotopic (exact) mass is 244 g/mol. The van der Waals surface area contributed by atoms with Crippen molar-refractivity contribution in [3.63, 3.8) is 0 Å². The highest BCUT2D eigenvalue weighted by Gasteiger charge is 2.44. The molecule has 1 aromatic carbocycles. The molecule has 0 spiro atoms. The summed E-state index contributed by atoms with van der Waals surface area (Å²) >= 11 is 0. The van der Waals surface area contributed by atoms with Gasteiger partial charge in [-0.25, -0.2) is 0 Å². The summed E-state index contributed by atoms with van der Waals surface area (Å²) in [5.74, 6) is 1.35. The summed E-state index contributed by atoms with van der Waals surface area (Å²) in [6, 6.07) is 10.5. The first-order chi connectivity index (χ1) is 8.78. The van der Waals surface area contributed by atoms with Crippen LogP contribution in [-0.4, -0.2) is 10.7 Å². The Morgan fingerprint density at radius 1 is 1.00 bits per heavy atom. The van der Waals surface area contributed by atoms with E-state index in [-0.39, 0.29) is 0 Å². The van der Waals surface area contributed by atoms with Gasteiger partial charge in [0.1, 0.15) is 0 Å². The molecule has 1 unspecified atom stereocenters. The Kier molecular flexibility index (Phi) is 3.43. The number of hydrogen-bond acceptors (Lipinski definition) is 1. The zero-order chi connectivity index (χ0) is 12.4. The molecule has 18 heavy (non-hydrogen) atoms. The van der Waals surface area contributed by atoms with E-state index in [1.807, 2.05) is 0 Å². The molecule has 2 fully saturated rings. The van der Waals surface area contributed by atoms with Crippen LogP contribution in [0.5, 0.6) is 0 Å². The normalized spacial score (nSPS) is 36.1. The van der Waals surface area contributed by atoms with Crippen LogP contribution >= 0.6 is 0 Å². The van der Waals surface area contributed by atoms with Gasteiger partial charge < -0.3 is 5.11 Å². The largest absolute Gasteiger partial charge is 0.389 e. The van der Waals surface area contributed by atoms with Crippen LogP contribution in [0.4, 0.5) is 0 Å². The van der Waals surface area contributed by atoms with Gasteiger partial charge in [0.05, 0.1) is 5.60 Å². The highest BCUT2D eigenvalue weighted by Crippen LogP contribution is 2.47. The molecule has 1 aromatic rings. The minimum Gasteiger partial charge on any atom is -0.389 e. The summed E-state index contributed by atoms with van der Waals surface area (Å²) in [7, 11) is 0. The van der Waals surface area contributed by atoms with E-state index < -0.39 is 5.60 Å². The Labute approximate surface area is 110 Å². The third-order valence-corrected chi connectivity index (χ3v) is 5.14. The predicted octanol–water partition coefficient (Wildman–Crippen LogP) is 3.95. The molecule has 0 saturated heterocycles. The molecule has 3 atom stereocenters. The summed E-state index contributed by atoms with van der Waals surface area (Å²) in [6.07, 6.45) is 9.71. The second-order valence-electron chi connectivity index (χ2n) is 6.31. The van der Waals surface area contributed by atoms with Gasteiger partial charge in [-0.3, -0.25) is 0 Å². The van der Waals surface area contributed by atoms with E-state index in [2.05, 4.69) is 30.3 Å². The van der Waals surface area contributed by atoms with Gasteiger partial charge in [0.2, 0.25) is 0 Å². The highest BCUT2D eigenvalue weighted by molar-refractivity contribution is 5.18. The smallest absolute Gasteiger partial charge is 0.0718 e. The van der Waals surface area contributed by atoms with Crippen molar-refractivity contribution in [1.29, 1.82) is 0 Å². The van der Waals surface area contributed by atoms with E-state index in [0.29, 0.717) is 5.92 Å². The molecular weight excluding hydrogens is 220 g/mol. The SMILES string of the molecule is OC1(Cc2ccccc2)CCC[C@H]2CCCC[C@@H]21. The standard InChI is InChI=1S/C17H24O/c18-17(13-14-7-2-1-3-8-14)12-6-10-15-9-4-5-11-16(15)17/h1-3,7-8,15-16,18H,4-6,9-13H2/t15-,16+,17?/m1/s1. The average molecular weight is 244 g/mol. The zero-order valence-corrected chi connectivity index (χ0v) is 11.1. The lowest BCUT2D eigenvalue weighted by molar-refractivity contribution is -0.0874. The van der Waals surface area contributed by atoms with E-state index in [0.717, 1.165) is 18.8 Å². The molecule has 2 saturated carbocycles. The first-order valence-electron chi connectivity index (χ1n) is 7.54. The molecule has 0 heterocycles. The summed E-state index contributed by atoms with van der Waals surface area (Å²) in [4.78, 5) is 0. The third kappa shape index (κ3) is 2.33. The summed E-state index contributed by atoms with van der Waals surface area (Å²) in [5.41, 5.74) is 0.872. The second-order valence-corrected chi connectivity index (χ2v) is 6.31. The number of rotatable bonds is 2. The molecule has 0 amide bonds. The van der Waals surface area contributed by atoms with Crippen molar-refractivity contribution in [2.75, 3.05) is 0 Å². The molecular formula is C17H24O. The molecule has 0 aliphatic heterocycles. The van der Waals surface area contributed by atoms with Gasteiger partial charge in [-0.15, -0.1) is 0 Å². The Hall–Kier alpha value is -0.820. The Balaban J connectivity index is 1.79. The van der Waals surface area contributed by atoms with Gasteiger partial charge in [-0.1, -0.05) is 56.0 Å². The maximum atomic E-state index is 11.1. The second kappa shape index (κ2) is 5.05. The summed E-state index contributed by atoms with van der Waals surface area (Å²) in [6.45, 7) is 0. The van der Waals surface area contributed by atoms with Gasteiger partial charge in [-0.05, 0) is 36.7 Å². The lowest BCUT2D eigenvalue weighted by atomic mass is 9.61. The Morgan fingerprint density at radius 2 is 1.72 bits per heavy atom. The maximum Gasteiger partial charge on any atom is 0.0718 e. The lowest BCUT2D eigenvalue weighted by Gasteiger charge is -2.47. The van der Waals surface area contributed by atoms with Crippen molar-refractivity contribution < 1.29 is 5.11 Å². The fourth-order valence-electron chi connectivity index (χ4n) is 4.29. The minimum absolute atomic E-state index is 0.426. The molecule has 0 bridgehead atoms. The number of aliphatic hydroxyl groups is 1. The van der Waals surface area contributed by atoms with Crippen molar-refractivity contribution in [1.82, 2.24) is 0 Å². The van der Waals surface area contributed by atoms with E-state index in [9.17, 15) is 5.11 Å². The Morgan fingerprint density at radius 3 is 2.56 bits per heavy atom. The minimum atomic E-state index is -0.426. The zero-order valence-electron chi connectivity index (χ0n) is 11.1. The first-order valence-corrected chi connectivity index (χ1v) is 7.54. The van der Waals surface area contributed by atoms with E-state index in [4.69, 9.17) is 0 Å². The number of fused-ring (bicyclic) bond motifs is 1. The topological polar surface area (TPSA) is 20.2 Å². The van der Waals surface area contributed by atoms with Crippen LogP contribution in [0, 0.1) is 11.8 Å². The highest BCUT2D eigenvalue weighted by atomic mass is 16.3. The van der Waals surface area contributed by atoms with Crippen LogP contribution in [0.3, 0.4) is 0 Å². The summed E-state index contributed by atoms with van der Waals surface area (Å²) < 4.78 is 0. The number of hydrogen-bond donors (Lipinski definition) is 1. The van der Waals surface area contributed by atoms with Gasteiger partial charge in [0.15, 0.2) is 0 Å². The fourth-order valence-corrected chi connectivity index (χ4v) is 4.29. The fraction of sp³-hybridized carbons (Fsp3) is 0.647. The molecule has 0 aromatic heterocycles. The van der Waals surface area contributed by atoms with Crippen molar-refractivity contribution in [2.24, 2.45) is 11.8 Å². The van der Waals surface area contributed by atoms with Gasteiger partial charge >= 0.3 is 0 Å². The van der Waals surface area contributed by atoms with Crippen LogP contribution in [0.1, 0.15) is 50.5 Å². The molecule has 2 aliphatic rings. The molecule has 1 nitrogen and oxygen atoms in total. The van der Waals surface area contributed by atoms with Crippen LogP contribution in [-0.2, 0) is 6.42 Å².